The molecule has 0 amide bonds. The Labute approximate surface area is 117 Å². The fraction of sp³-hybridized carbons (Fsp3) is 0.200. The Morgan fingerprint density at radius 3 is 2.90 bits per heavy atom. The standard InChI is InChI=1S/C15H16N4O/c1-10-15(18-9-11-4-6-17-7-5-11)19-13-8-12(16)2-3-14(13)20-10/h2-8,10H,9,16H2,1H3,(H,18,19). The van der Waals surface area contributed by atoms with Crippen molar-refractivity contribution < 1.29 is 4.74 Å². The van der Waals surface area contributed by atoms with Crippen LogP contribution in [0, 0.1) is 0 Å². The molecule has 0 spiro atoms. The number of aliphatic imine (C=N–C) groups is 1. The summed E-state index contributed by atoms with van der Waals surface area (Å²) in [4.78, 5) is 8.57. The van der Waals surface area contributed by atoms with E-state index >= 15 is 0 Å². The summed E-state index contributed by atoms with van der Waals surface area (Å²) in [6, 6.07) is 9.44. The summed E-state index contributed by atoms with van der Waals surface area (Å²) < 4.78 is 5.83. The Kier molecular flexibility index (Phi) is 3.25. The Morgan fingerprint density at radius 1 is 1.30 bits per heavy atom. The number of nitrogen functional groups attached to an aromatic ring is 1. The zero-order valence-electron chi connectivity index (χ0n) is 11.2. The van der Waals surface area contributed by atoms with Crippen LogP contribution >= 0.6 is 0 Å². The molecule has 5 heteroatoms. The van der Waals surface area contributed by atoms with Crippen LogP contribution in [0.1, 0.15) is 12.5 Å². The van der Waals surface area contributed by atoms with E-state index in [1.54, 1.807) is 12.4 Å². The molecule has 0 saturated carbocycles. The number of anilines is 2. The van der Waals surface area contributed by atoms with Crippen LogP contribution in [0.3, 0.4) is 0 Å². The molecule has 20 heavy (non-hydrogen) atoms. The van der Waals surface area contributed by atoms with Crippen LogP contribution in [0.5, 0.6) is 5.75 Å². The second kappa shape index (κ2) is 5.21. The molecule has 2 aromatic rings. The van der Waals surface area contributed by atoms with Crippen molar-refractivity contribution in [2.75, 3.05) is 11.1 Å². The summed E-state index contributed by atoms with van der Waals surface area (Å²) >= 11 is 0. The SMILES string of the molecule is CC1Oc2ccc(N)cc2NC1=NCc1ccncc1. The molecule has 102 valence electrons. The molecular weight excluding hydrogens is 252 g/mol. The van der Waals surface area contributed by atoms with Gasteiger partial charge in [0, 0.05) is 18.1 Å². The second-order valence-corrected chi connectivity index (χ2v) is 4.70. The molecule has 1 atom stereocenters. The number of aromatic nitrogens is 1. The number of ether oxygens (including phenoxy) is 1. The normalized spacial score (nSPS) is 19.1. The van der Waals surface area contributed by atoms with Crippen molar-refractivity contribution in [3.05, 3.63) is 48.3 Å². The maximum atomic E-state index is 5.83. The van der Waals surface area contributed by atoms with Crippen molar-refractivity contribution in [2.24, 2.45) is 4.99 Å². The first kappa shape index (κ1) is 12.5. The molecule has 0 fully saturated rings. The Bertz CT molecular complexity index is 640. The van der Waals surface area contributed by atoms with Crippen LogP contribution in [-0.2, 0) is 6.54 Å². The smallest absolute Gasteiger partial charge is 0.153 e. The minimum atomic E-state index is -0.104. The quantitative estimate of drug-likeness (QED) is 0.821. The maximum absolute atomic E-state index is 5.83. The van der Waals surface area contributed by atoms with Gasteiger partial charge in [-0.15, -0.1) is 0 Å². The number of pyridine rings is 1. The average Bonchev–Trinajstić information content (AvgIpc) is 2.46. The van der Waals surface area contributed by atoms with Crippen LogP contribution in [0.25, 0.3) is 0 Å². The van der Waals surface area contributed by atoms with E-state index in [1.807, 2.05) is 37.3 Å². The average molecular weight is 268 g/mol. The van der Waals surface area contributed by atoms with Crippen LogP contribution in [0.4, 0.5) is 11.4 Å². The largest absolute Gasteiger partial charge is 0.481 e. The van der Waals surface area contributed by atoms with Gasteiger partial charge in [-0.25, -0.2) is 0 Å². The number of nitrogens with zero attached hydrogens (tertiary/aromatic N) is 2. The summed E-state index contributed by atoms with van der Waals surface area (Å²) in [5, 5.41) is 3.29. The Morgan fingerprint density at radius 2 is 2.10 bits per heavy atom. The lowest BCUT2D eigenvalue weighted by Crippen LogP contribution is -2.34. The zero-order valence-corrected chi connectivity index (χ0v) is 11.2. The summed E-state index contributed by atoms with van der Waals surface area (Å²) in [6.45, 7) is 2.56. The number of hydrogen-bond acceptors (Lipinski definition) is 4. The van der Waals surface area contributed by atoms with Crippen molar-refractivity contribution in [1.29, 1.82) is 0 Å². The van der Waals surface area contributed by atoms with E-state index in [0.29, 0.717) is 12.2 Å². The van der Waals surface area contributed by atoms with Gasteiger partial charge in [0.2, 0.25) is 0 Å². The van der Waals surface area contributed by atoms with Gasteiger partial charge in [0.25, 0.3) is 0 Å². The van der Waals surface area contributed by atoms with Gasteiger partial charge in [-0.1, -0.05) is 0 Å². The molecule has 1 aromatic heterocycles. The van der Waals surface area contributed by atoms with Gasteiger partial charge < -0.3 is 15.8 Å². The molecule has 3 rings (SSSR count). The van der Waals surface area contributed by atoms with E-state index < -0.39 is 0 Å². The van der Waals surface area contributed by atoms with Crippen molar-refractivity contribution in [2.45, 2.75) is 19.6 Å². The van der Waals surface area contributed by atoms with Crippen molar-refractivity contribution in [3.8, 4) is 5.75 Å². The van der Waals surface area contributed by atoms with Gasteiger partial charge in [-0.2, -0.15) is 0 Å². The zero-order chi connectivity index (χ0) is 13.9. The first-order valence-electron chi connectivity index (χ1n) is 6.49. The number of nitrogens with two attached hydrogens (primary N) is 1. The number of benzene rings is 1. The molecule has 0 bridgehead atoms. The van der Waals surface area contributed by atoms with Gasteiger partial charge in [-0.3, -0.25) is 9.98 Å². The molecular formula is C15H16N4O. The van der Waals surface area contributed by atoms with Crippen LogP contribution in [0.2, 0.25) is 0 Å². The highest BCUT2D eigenvalue weighted by molar-refractivity contribution is 6.02. The molecule has 3 N–H and O–H groups in total. The molecule has 1 aliphatic heterocycles. The molecule has 2 heterocycles. The Balaban J connectivity index is 1.81. The highest BCUT2D eigenvalue weighted by Gasteiger charge is 2.21. The minimum absolute atomic E-state index is 0.104. The highest BCUT2D eigenvalue weighted by Crippen LogP contribution is 2.31. The van der Waals surface area contributed by atoms with E-state index in [-0.39, 0.29) is 6.10 Å². The monoisotopic (exact) mass is 268 g/mol. The minimum Gasteiger partial charge on any atom is -0.481 e. The number of fused-ring (bicyclic) bond motifs is 1. The van der Waals surface area contributed by atoms with Gasteiger partial charge in [0.15, 0.2) is 6.10 Å². The van der Waals surface area contributed by atoms with Crippen LogP contribution in [-0.4, -0.2) is 16.9 Å². The summed E-state index contributed by atoms with van der Waals surface area (Å²) in [5.41, 5.74) is 8.45. The highest BCUT2D eigenvalue weighted by atomic mass is 16.5. The molecule has 0 aliphatic carbocycles. The number of hydrogen-bond donors (Lipinski definition) is 2. The molecule has 1 unspecified atom stereocenters. The number of nitrogens with one attached hydrogen (secondary N) is 1. The van der Waals surface area contributed by atoms with Gasteiger partial charge in [-0.05, 0) is 42.8 Å². The molecule has 5 nitrogen and oxygen atoms in total. The topological polar surface area (TPSA) is 72.5 Å². The third-order valence-corrected chi connectivity index (χ3v) is 3.14. The van der Waals surface area contributed by atoms with E-state index in [1.165, 1.54) is 0 Å². The lowest BCUT2D eigenvalue weighted by molar-refractivity contribution is 0.282. The third-order valence-electron chi connectivity index (χ3n) is 3.14. The van der Waals surface area contributed by atoms with Crippen molar-refractivity contribution in [3.63, 3.8) is 0 Å². The van der Waals surface area contributed by atoms with Crippen molar-refractivity contribution >= 4 is 17.2 Å². The van der Waals surface area contributed by atoms with Crippen LogP contribution in [0.15, 0.2) is 47.7 Å². The molecule has 1 aliphatic rings. The van der Waals surface area contributed by atoms with E-state index in [9.17, 15) is 0 Å². The number of rotatable bonds is 2. The lowest BCUT2D eigenvalue weighted by Gasteiger charge is -2.26. The van der Waals surface area contributed by atoms with E-state index in [4.69, 9.17) is 10.5 Å². The lowest BCUT2D eigenvalue weighted by atomic mass is 10.2. The number of amidine groups is 1. The summed E-state index contributed by atoms with van der Waals surface area (Å²) in [5.74, 6) is 1.61. The van der Waals surface area contributed by atoms with Crippen molar-refractivity contribution in [1.82, 2.24) is 4.98 Å². The first-order valence-corrected chi connectivity index (χ1v) is 6.49. The molecule has 0 radical (unpaired) electrons. The predicted molar refractivity (Wildman–Crippen MR) is 79.9 cm³/mol. The molecule has 1 aromatic carbocycles. The van der Waals surface area contributed by atoms with Gasteiger partial charge in [0.1, 0.15) is 11.6 Å². The third kappa shape index (κ3) is 2.56. The maximum Gasteiger partial charge on any atom is 0.153 e. The first-order chi connectivity index (χ1) is 9.72. The summed E-state index contributed by atoms with van der Waals surface area (Å²) in [6.07, 6.45) is 3.42. The fourth-order valence-electron chi connectivity index (χ4n) is 2.07. The second-order valence-electron chi connectivity index (χ2n) is 4.70. The van der Waals surface area contributed by atoms with Crippen LogP contribution < -0.4 is 15.8 Å². The van der Waals surface area contributed by atoms with E-state index in [0.717, 1.165) is 22.8 Å². The van der Waals surface area contributed by atoms with Gasteiger partial charge in [0.05, 0.1) is 12.2 Å². The fourth-order valence-corrected chi connectivity index (χ4v) is 2.07. The van der Waals surface area contributed by atoms with E-state index in [2.05, 4.69) is 15.3 Å². The predicted octanol–water partition coefficient (Wildman–Crippen LogP) is 2.46. The molecule has 0 saturated heterocycles. The Hall–Kier alpha value is -2.56. The summed E-state index contributed by atoms with van der Waals surface area (Å²) in [7, 11) is 0. The van der Waals surface area contributed by atoms with Gasteiger partial charge >= 0.3 is 0 Å².